The first kappa shape index (κ1) is 18.4. The van der Waals surface area contributed by atoms with Crippen molar-refractivity contribution >= 4 is 37.9 Å². The first-order valence-corrected chi connectivity index (χ1v) is 10.4. The van der Waals surface area contributed by atoms with Crippen molar-refractivity contribution in [3.63, 3.8) is 0 Å². The molecule has 0 aliphatic carbocycles. The van der Waals surface area contributed by atoms with Gasteiger partial charge >= 0.3 is 0 Å². The summed E-state index contributed by atoms with van der Waals surface area (Å²) in [6, 6.07) is 11.8. The summed E-state index contributed by atoms with van der Waals surface area (Å²) in [6.07, 6.45) is 5.69. The predicted molar refractivity (Wildman–Crippen MR) is 102 cm³/mol. The number of hydrogen-bond donors (Lipinski definition) is 1. The maximum absolute atomic E-state index is 10.8. The average molecular weight is 391 g/mol. The summed E-state index contributed by atoms with van der Waals surface area (Å²) < 4.78 is 35.3. The van der Waals surface area contributed by atoms with E-state index in [1.165, 1.54) is 0 Å². The van der Waals surface area contributed by atoms with Crippen molar-refractivity contribution in [3.05, 3.63) is 59.2 Å². The Balaban J connectivity index is 1.74. The van der Waals surface area contributed by atoms with Crippen LogP contribution in [0.25, 0.3) is 10.2 Å². The molecule has 2 aromatic heterocycles. The van der Waals surface area contributed by atoms with Crippen molar-refractivity contribution in [1.82, 2.24) is 4.57 Å². The lowest BCUT2D eigenvalue weighted by molar-refractivity contribution is -0.696. The van der Waals surface area contributed by atoms with Gasteiger partial charge in [-0.05, 0) is 18.2 Å². The monoisotopic (exact) mass is 391 g/mol. The van der Waals surface area contributed by atoms with Crippen LogP contribution in [0.5, 0.6) is 0 Å². The van der Waals surface area contributed by atoms with Gasteiger partial charge in [-0.1, -0.05) is 23.5 Å². The van der Waals surface area contributed by atoms with Gasteiger partial charge in [0.2, 0.25) is 4.80 Å². The highest BCUT2D eigenvalue weighted by molar-refractivity contribution is 7.85. The van der Waals surface area contributed by atoms with Crippen molar-refractivity contribution in [2.75, 3.05) is 5.75 Å². The molecule has 0 amide bonds. The van der Waals surface area contributed by atoms with E-state index in [4.69, 9.17) is 4.55 Å². The quantitative estimate of drug-likeness (QED) is 0.300. The molecule has 0 radical (unpaired) electrons. The molecule has 7 nitrogen and oxygen atoms in total. The Kier molecular flexibility index (Phi) is 5.60. The van der Waals surface area contributed by atoms with Gasteiger partial charge < -0.3 is 4.57 Å². The smallest absolute Gasteiger partial charge is 0.265 e. The summed E-state index contributed by atoms with van der Waals surface area (Å²) in [4.78, 5) is 0.805. The molecule has 0 atom stereocenters. The molecular weight excluding hydrogens is 372 g/mol. The van der Waals surface area contributed by atoms with Gasteiger partial charge in [0.05, 0.1) is 27.7 Å². The Morgan fingerprint density at radius 1 is 1.27 bits per heavy atom. The second-order valence-corrected chi connectivity index (χ2v) is 8.35. The summed E-state index contributed by atoms with van der Waals surface area (Å²) in [6.45, 7) is 0.490. The summed E-state index contributed by atoms with van der Waals surface area (Å²) in [5.74, 6) is -0.254. The minimum absolute atomic E-state index is 0.254. The molecule has 1 aromatic carbocycles. The Morgan fingerprint density at radius 2 is 2.08 bits per heavy atom. The molecule has 3 aromatic rings. The van der Waals surface area contributed by atoms with Crippen LogP contribution >= 0.6 is 11.3 Å². The summed E-state index contributed by atoms with van der Waals surface area (Å²) in [5.41, 5.74) is 1.97. The fraction of sp³-hybridized carbons (Fsp3) is 0.235. The van der Waals surface area contributed by atoms with Crippen molar-refractivity contribution in [1.29, 1.82) is 0 Å². The van der Waals surface area contributed by atoms with Crippen molar-refractivity contribution in [2.24, 2.45) is 17.3 Å². The molecule has 26 heavy (non-hydrogen) atoms. The van der Waals surface area contributed by atoms with E-state index in [9.17, 15) is 8.42 Å². The Bertz CT molecular complexity index is 1110. The number of aromatic nitrogens is 2. The summed E-state index contributed by atoms with van der Waals surface area (Å²) >= 11 is 1.57. The predicted octanol–water partition coefficient (Wildman–Crippen LogP) is 1.74. The van der Waals surface area contributed by atoms with Crippen molar-refractivity contribution in [3.8, 4) is 0 Å². The number of hydrogen-bond acceptors (Lipinski definition) is 5. The number of rotatable bonds is 6. The molecule has 9 heteroatoms. The zero-order valence-electron chi connectivity index (χ0n) is 14.2. The third kappa shape index (κ3) is 4.84. The van der Waals surface area contributed by atoms with E-state index in [1.807, 2.05) is 58.9 Å². The van der Waals surface area contributed by atoms with Crippen LogP contribution in [0.2, 0.25) is 0 Å². The second kappa shape index (κ2) is 7.90. The van der Waals surface area contributed by atoms with E-state index in [2.05, 4.69) is 16.3 Å². The topological polar surface area (TPSA) is 87.9 Å². The zero-order chi connectivity index (χ0) is 18.6. The number of para-hydroxylation sites is 1. The fourth-order valence-electron chi connectivity index (χ4n) is 2.51. The fourth-order valence-corrected chi connectivity index (χ4v) is 3.98. The van der Waals surface area contributed by atoms with E-state index < -0.39 is 10.1 Å². The highest BCUT2D eigenvalue weighted by atomic mass is 32.2. The molecular formula is C17H19N4O3S2+. The SMILES string of the molecule is Cn1/c(=N\N=C\c2ccc[n+](CCCS(=O)(=O)O)c2)sc2ccccc21. The molecule has 0 unspecified atom stereocenters. The van der Waals surface area contributed by atoms with Crippen molar-refractivity contribution in [2.45, 2.75) is 13.0 Å². The minimum atomic E-state index is -3.92. The largest absolute Gasteiger partial charge is 0.318 e. The molecule has 136 valence electrons. The number of aryl methyl sites for hydroxylation is 2. The van der Waals surface area contributed by atoms with Gasteiger partial charge in [0, 0.05) is 19.5 Å². The first-order valence-electron chi connectivity index (χ1n) is 7.98. The molecule has 0 aliphatic heterocycles. The maximum Gasteiger partial charge on any atom is 0.265 e. The van der Waals surface area contributed by atoms with Crippen LogP contribution in [0.4, 0.5) is 0 Å². The van der Waals surface area contributed by atoms with Gasteiger partial charge in [-0.15, -0.1) is 5.10 Å². The van der Waals surface area contributed by atoms with Gasteiger partial charge in [0.25, 0.3) is 10.1 Å². The second-order valence-electron chi connectivity index (χ2n) is 5.77. The molecule has 0 saturated heterocycles. The van der Waals surface area contributed by atoms with Crippen LogP contribution in [0.1, 0.15) is 12.0 Å². The summed E-state index contributed by atoms with van der Waals surface area (Å²) in [7, 11) is -1.96. The Labute approximate surface area is 155 Å². The van der Waals surface area contributed by atoms with Gasteiger partial charge in [-0.3, -0.25) is 4.55 Å². The number of pyridine rings is 1. The molecule has 0 spiro atoms. The number of fused-ring (bicyclic) bond motifs is 1. The Morgan fingerprint density at radius 3 is 2.85 bits per heavy atom. The molecule has 0 bridgehead atoms. The molecule has 0 saturated carbocycles. The normalized spacial score (nSPS) is 13.1. The van der Waals surface area contributed by atoms with Crippen LogP contribution in [0.15, 0.2) is 59.0 Å². The van der Waals surface area contributed by atoms with Gasteiger partial charge in [0.1, 0.15) is 6.54 Å². The van der Waals surface area contributed by atoms with E-state index >= 15 is 0 Å². The van der Waals surface area contributed by atoms with Gasteiger partial charge in [0.15, 0.2) is 12.4 Å². The average Bonchev–Trinajstić information content (AvgIpc) is 2.91. The van der Waals surface area contributed by atoms with Crippen LogP contribution in [-0.2, 0) is 23.7 Å². The lowest BCUT2D eigenvalue weighted by Crippen LogP contribution is -2.34. The minimum Gasteiger partial charge on any atom is -0.318 e. The van der Waals surface area contributed by atoms with Crippen molar-refractivity contribution < 1.29 is 17.5 Å². The molecule has 0 fully saturated rings. The molecule has 0 aliphatic rings. The van der Waals surface area contributed by atoms with Crippen LogP contribution < -0.4 is 9.37 Å². The lowest BCUT2D eigenvalue weighted by atomic mass is 10.3. The van der Waals surface area contributed by atoms with E-state index in [0.29, 0.717) is 13.0 Å². The molecule has 1 N–H and O–H groups in total. The van der Waals surface area contributed by atoms with Gasteiger partial charge in [-0.25, -0.2) is 4.57 Å². The van der Waals surface area contributed by atoms with Crippen LogP contribution in [0, 0.1) is 0 Å². The zero-order valence-corrected chi connectivity index (χ0v) is 15.8. The third-order valence-electron chi connectivity index (χ3n) is 3.76. The Hall–Kier alpha value is -2.36. The number of thiazole rings is 1. The highest BCUT2D eigenvalue weighted by Crippen LogP contribution is 2.15. The van der Waals surface area contributed by atoms with E-state index in [1.54, 1.807) is 17.6 Å². The molecule has 3 rings (SSSR count). The van der Waals surface area contributed by atoms with Crippen LogP contribution in [-0.4, -0.2) is 29.5 Å². The number of benzene rings is 1. The first-order chi connectivity index (χ1) is 12.4. The maximum atomic E-state index is 10.8. The van der Waals surface area contributed by atoms with E-state index in [-0.39, 0.29) is 5.75 Å². The van der Waals surface area contributed by atoms with Crippen LogP contribution in [0.3, 0.4) is 0 Å². The third-order valence-corrected chi connectivity index (χ3v) is 5.67. The standard InChI is InChI=1S/C17H18N4O3S2/c1-20-15-7-2-3-8-16(15)25-17(20)19-18-12-14-6-4-9-21(13-14)10-5-11-26(22,23)24/h2-4,6-9,12-13H,5,10-11H2,1H3/p+1/b18-12+,19-17+. The molecule has 2 heterocycles. The van der Waals surface area contributed by atoms with E-state index in [0.717, 1.165) is 20.6 Å². The lowest BCUT2D eigenvalue weighted by Gasteiger charge is -1.97. The number of nitrogens with zero attached hydrogens (tertiary/aromatic N) is 4. The summed E-state index contributed by atoms with van der Waals surface area (Å²) in [5, 5.41) is 8.46. The van der Waals surface area contributed by atoms with Gasteiger partial charge in [-0.2, -0.15) is 13.5 Å². The highest BCUT2D eigenvalue weighted by Gasteiger charge is 2.07.